The Kier molecular flexibility index (Phi) is 4.78. The lowest BCUT2D eigenvalue weighted by Crippen LogP contribution is -2.45. The first-order valence-electron chi connectivity index (χ1n) is 6.94. The number of hydrogen-bond acceptors (Lipinski definition) is 4. The summed E-state index contributed by atoms with van der Waals surface area (Å²) in [5.41, 5.74) is 1.51. The van der Waals surface area contributed by atoms with E-state index in [1.54, 1.807) is 12.1 Å². The second-order valence-corrected chi connectivity index (χ2v) is 4.98. The van der Waals surface area contributed by atoms with E-state index in [0.29, 0.717) is 11.3 Å². The Balaban J connectivity index is 2.29. The molecule has 4 heteroatoms. The largest absolute Gasteiger partial charge is 0.508 e. The molecule has 0 amide bonds. The van der Waals surface area contributed by atoms with E-state index in [-0.39, 0.29) is 6.04 Å². The minimum atomic E-state index is 0.209. The average Bonchev–Trinajstić information content (AvgIpc) is 2.47. The van der Waals surface area contributed by atoms with Crippen molar-refractivity contribution in [1.82, 2.24) is 10.2 Å². The number of benzene rings is 1. The monoisotopic (exact) mass is 259 g/mol. The van der Waals surface area contributed by atoms with Crippen molar-refractivity contribution in [1.29, 1.82) is 5.26 Å². The number of phenols is 1. The Morgan fingerprint density at radius 3 is 2.79 bits per heavy atom. The van der Waals surface area contributed by atoms with Gasteiger partial charge in [-0.3, -0.25) is 4.90 Å². The molecule has 0 aliphatic carbocycles. The van der Waals surface area contributed by atoms with E-state index in [1.165, 1.54) is 0 Å². The number of rotatable bonds is 4. The Hall–Kier alpha value is -1.57. The number of nitrogens with one attached hydrogen (secondary N) is 1. The summed E-state index contributed by atoms with van der Waals surface area (Å²) in [6.07, 6.45) is 2.06. The van der Waals surface area contributed by atoms with E-state index in [2.05, 4.69) is 23.2 Å². The standard InChI is InChI=1S/C15H21N3O/c1-2-3-14(18-8-6-17-7-9-18)13-10-12(11-16)4-5-15(13)19/h4-5,10,14,17,19H,2-3,6-9H2,1H3/t14-/m0/s1. The molecule has 1 aliphatic rings. The molecule has 1 aromatic carbocycles. The molecule has 0 aromatic heterocycles. The van der Waals surface area contributed by atoms with Gasteiger partial charge in [0.15, 0.2) is 0 Å². The molecule has 4 nitrogen and oxygen atoms in total. The van der Waals surface area contributed by atoms with Gasteiger partial charge in [-0.2, -0.15) is 5.26 Å². The van der Waals surface area contributed by atoms with Crippen molar-refractivity contribution in [2.75, 3.05) is 26.2 Å². The van der Waals surface area contributed by atoms with Gasteiger partial charge in [0.25, 0.3) is 0 Å². The van der Waals surface area contributed by atoms with Crippen LogP contribution in [0.1, 0.15) is 36.9 Å². The first-order valence-corrected chi connectivity index (χ1v) is 6.94. The SMILES string of the molecule is CCC[C@@H](c1cc(C#N)ccc1O)N1CCNCC1. The van der Waals surface area contributed by atoms with Crippen molar-refractivity contribution in [3.05, 3.63) is 29.3 Å². The second-order valence-electron chi connectivity index (χ2n) is 4.98. The van der Waals surface area contributed by atoms with Crippen molar-refractivity contribution in [2.24, 2.45) is 0 Å². The smallest absolute Gasteiger partial charge is 0.120 e. The fraction of sp³-hybridized carbons (Fsp3) is 0.533. The third-order valence-corrected chi connectivity index (χ3v) is 3.67. The van der Waals surface area contributed by atoms with Crippen molar-refractivity contribution in [3.8, 4) is 11.8 Å². The highest BCUT2D eigenvalue weighted by atomic mass is 16.3. The summed E-state index contributed by atoms with van der Waals surface area (Å²) in [6, 6.07) is 7.50. The van der Waals surface area contributed by atoms with Crippen LogP contribution in [-0.4, -0.2) is 36.2 Å². The first kappa shape index (κ1) is 13.9. The van der Waals surface area contributed by atoms with Gasteiger partial charge in [-0.25, -0.2) is 0 Å². The van der Waals surface area contributed by atoms with E-state index in [4.69, 9.17) is 5.26 Å². The molecule has 0 spiro atoms. The van der Waals surface area contributed by atoms with Crippen LogP contribution >= 0.6 is 0 Å². The zero-order valence-electron chi connectivity index (χ0n) is 11.4. The molecule has 2 N–H and O–H groups in total. The number of nitriles is 1. The maximum Gasteiger partial charge on any atom is 0.120 e. The molecule has 1 aromatic rings. The van der Waals surface area contributed by atoms with Gasteiger partial charge in [0, 0.05) is 37.8 Å². The predicted molar refractivity (Wildman–Crippen MR) is 74.9 cm³/mol. The molecule has 0 bridgehead atoms. The van der Waals surface area contributed by atoms with E-state index in [9.17, 15) is 5.11 Å². The van der Waals surface area contributed by atoms with E-state index in [0.717, 1.165) is 44.6 Å². The van der Waals surface area contributed by atoms with Crippen LogP contribution in [0.2, 0.25) is 0 Å². The summed E-state index contributed by atoms with van der Waals surface area (Å²) >= 11 is 0. The van der Waals surface area contributed by atoms with E-state index >= 15 is 0 Å². The van der Waals surface area contributed by atoms with Crippen LogP contribution in [0.5, 0.6) is 5.75 Å². The fourth-order valence-corrected chi connectivity index (χ4v) is 2.69. The molecule has 19 heavy (non-hydrogen) atoms. The van der Waals surface area contributed by atoms with Crippen LogP contribution in [0.3, 0.4) is 0 Å². The molecular formula is C15H21N3O. The minimum absolute atomic E-state index is 0.209. The zero-order chi connectivity index (χ0) is 13.7. The highest BCUT2D eigenvalue weighted by Crippen LogP contribution is 2.33. The van der Waals surface area contributed by atoms with Gasteiger partial charge >= 0.3 is 0 Å². The third-order valence-electron chi connectivity index (χ3n) is 3.67. The van der Waals surface area contributed by atoms with Gasteiger partial charge in [-0.1, -0.05) is 13.3 Å². The van der Waals surface area contributed by atoms with Crippen molar-refractivity contribution in [3.63, 3.8) is 0 Å². The van der Waals surface area contributed by atoms with Gasteiger partial charge < -0.3 is 10.4 Å². The highest BCUT2D eigenvalue weighted by Gasteiger charge is 2.23. The second kappa shape index (κ2) is 6.55. The topological polar surface area (TPSA) is 59.3 Å². The normalized spacial score (nSPS) is 17.9. The lowest BCUT2D eigenvalue weighted by atomic mass is 9.97. The van der Waals surface area contributed by atoms with Crippen LogP contribution in [0.15, 0.2) is 18.2 Å². The molecule has 0 unspecified atom stereocenters. The van der Waals surface area contributed by atoms with Crippen molar-refractivity contribution in [2.45, 2.75) is 25.8 Å². The lowest BCUT2D eigenvalue weighted by molar-refractivity contribution is 0.162. The maximum absolute atomic E-state index is 10.1. The predicted octanol–water partition coefficient (Wildman–Crippen LogP) is 2.01. The molecule has 102 valence electrons. The van der Waals surface area contributed by atoms with Gasteiger partial charge in [-0.15, -0.1) is 0 Å². The molecule has 1 heterocycles. The molecular weight excluding hydrogens is 238 g/mol. The van der Waals surface area contributed by atoms with Crippen LogP contribution in [0.4, 0.5) is 0 Å². The highest BCUT2D eigenvalue weighted by molar-refractivity contribution is 5.43. The van der Waals surface area contributed by atoms with Crippen LogP contribution < -0.4 is 5.32 Å². The Morgan fingerprint density at radius 1 is 1.42 bits per heavy atom. The maximum atomic E-state index is 10.1. The summed E-state index contributed by atoms with van der Waals surface area (Å²) in [6.45, 7) is 6.10. The number of aromatic hydroxyl groups is 1. The number of nitrogens with zero attached hydrogens (tertiary/aromatic N) is 2. The average molecular weight is 259 g/mol. The summed E-state index contributed by atoms with van der Waals surface area (Å²) in [7, 11) is 0. The molecule has 1 fully saturated rings. The Bertz CT molecular complexity index is 461. The van der Waals surface area contributed by atoms with Crippen LogP contribution in [0.25, 0.3) is 0 Å². The quantitative estimate of drug-likeness (QED) is 0.868. The number of hydrogen-bond donors (Lipinski definition) is 2. The van der Waals surface area contributed by atoms with E-state index in [1.807, 2.05) is 6.07 Å². The summed E-state index contributed by atoms with van der Waals surface area (Å²) in [5.74, 6) is 0.302. The molecule has 1 atom stereocenters. The van der Waals surface area contributed by atoms with Crippen LogP contribution in [-0.2, 0) is 0 Å². The molecule has 1 aliphatic heterocycles. The van der Waals surface area contributed by atoms with E-state index < -0.39 is 0 Å². The summed E-state index contributed by atoms with van der Waals surface area (Å²) < 4.78 is 0. The number of piperazine rings is 1. The van der Waals surface area contributed by atoms with Crippen molar-refractivity contribution < 1.29 is 5.11 Å². The molecule has 2 rings (SSSR count). The van der Waals surface area contributed by atoms with Crippen LogP contribution in [0, 0.1) is 11.3 Å². The lowest BCUT2D eigenvalue weighted by Gasteiger charge is -2.35. The Morgan fingerprint density at radius 2 is 2.16 bits per heavy atom. The first-order chi connectivity index (χ1) is 9.26. The fourth-order valence-electron chi connectivity index (χ4n) is 2.69. The summed E-state index contributed by atoms with van der Waals surface area (Å²) in [4.78, 5) is 2.40. The zero-order valence-corrected chi connectivity index (χ0v) is 11.4. The summed E-state index contributed by atoms with van der Waals surface area (Å²) in [5, 5.41) is 22.5. The minimum Gasteiger partial charge on any atom is -0.508 e. The Labute approximate surface area is 114 Å². The molecule has 0 radical (unpaired) electrons. The molecule has 0 saturated carbocycles. The third kappa shape index (κ3) is 3.25. The molecule has 1 saturated heterocycles. The number of phenolic OH excluding ortho intramolecular Hbond substituents is 1. The van der Waals surface area contributed by atoms with Gasteiger partial charge in [0.2, 0.25) is 0 Å². The van der Waals surface area contributed by atoms with Gasteiger partial charge in [-0.05, 0) is 24.6 Å². The van der Waals surface area contributed by atoms with Gasteiger partial charge in [0.05, 0.1) is 11.6 Å². The van der Waals surface area contributed by atoms with Crippen molar-refractivity contribution >= 4 is 0 Å². The van der Waals surface area contributed by atoms with Gasteiger partial charge in [0.1, 0.15) is 5.75 Å².